The number of likely N-dealkylation sites (tertiary alicyclic amines) is 2. The highest BCUT2D eigenvalue weighted by molar-refractivity contribution is 5.76. The van der Waals surface area contributed by atoms with E-state index in [0.29, 0.717) is 18.9 Å². The molecule has 0 N–H and O–H groups in total. The van der Waals surface area contributed by atoms with Crippen molar-refractivity contribution in [1.82, 2.24) is 19.7 Å². The monoisotopic (exact) mass is 518 g/mol. The first kappa shape index (κ1) is 27.1. The van der Waals surface area contributed by atoms with Crippen LogP contribution in [0.5, 0.6) is 5.75 Å². The molecule has 4 heterocycles. The van der Waals surface area contributed by atoms with Gasteiger partial charge in [0.25, 0.3) is 0 Å². The van der Waals surface area contributed by atoms with Gasteiger partial charge in [-0.05, 0) is 106 Å². The van der Waals surface area contributed by atoms with Crippen LogP contribution >= 0.6 is 0 Å². The molecule has 0 atom stereocenters. The lowest BCUT2D eigenvalue weighted by Gasteiger charge is -2.45. The Morgan fingerprint density at radius 2 is 1.66 bits per heavy atom. The zero-order valence-corrected chi connectivity index (χ0v) is 23.2. The number of hydrogen-bond donors (Lipinski definition) is 0. The van der Waals surface area contributed by atoms with E-state index in [4.69, 9.17) is 4.74 Å². The van der Waals surface area contributed by atoms with Crippen molar-refractivity contribution < 1.29 is 9.53 Å². The Balaban J connectivity index is 1.22. The summed E-state index contributed by atoms with van der Waals surface area (Å²) in [5, 5.41) is 0. The lowest BCUT2D eigenvalue weighted by molar-refractivity contribution is -0.134. The van der Waals surface area contributed by atoms with Crippen LogP contribution in [0.2, 0.25) is 0 Å². The summed E-state index contributed by atoms with van der Waals surface area (Å²) in [6.07, 6.45) is 15.1. The highest BCUT2D eigenvalue weighted by Crippen LogP contribution is 2.39. The third-order valence-electron chi connectivity index (χ3n) is 9.00. The van der Waals surface area contributed by atoms with Gasteiger partial charge in [-0.15, -0.1) is 0 Å². The summed E-state index contributed by atoms with van der Waals surface area (Å²) in [5.74, 6) is 1.41. The highest BCUT2D eigenvalue weighted by Gasteiger charge is 2.37. The molecule has 0 aliphatic carbocycles. The quantitative estimate of drug-likeness (QED) is 0.528. The summed E-state index contributed by atoms with van der Waals surface area (Å²) in [6, 6.07) is 12.8. The van der Waals surface area contributed by atoms with E-state index < -0.39 is 0 Å². The number of carbonyl (C=O) groups excluding carboxylic acids is 1. The van der Waals surface area contributed by atoms with E-state index in [1.807, 2.05) is 12.4 Å². The molecule has 0 unspecified atom stereocenters. The maximum absolute atomic E-state index is 13.0. The Morgan fingerprint density at radius 3 is 2.47 bits per heavy atom. The van der Waals surface area contributed by atoms with Crippen molar-refractivity contribution in [1.29, 1.82) is 0 Å². The van der Waals surface area contributed by atoms with Gasteiger partial charge >= 0.3 is 0 Å². The molecule has 2 fully saturated rings. The molecule has 6 heteroatoms. The Bertz CT molecular complexity index is 1000. The summed E-state index contributed by atoms with van der Waals surface area (Å²) >= 11 is 0. The summed E-state index contributed by atoms with van der Waals surface area (Å²) in [6.45, 7) is 8.90. The second-order valence-corrected chi connectivity index (χ2v) is 11.8. The predicted octanol–water partition coefficient (Wildman–Crippen LogP) is 5.17. The first-order valence-electron chi connectivity index (χ1n) is 15.0. The zero-order chi connectivity index (χ0) is 26.0. The number of benzene rings is 1. The largest absolute Gasteiger partial charge is 0.492 e. The van der Waals surface area contributed by atoms with Gasteiger partial charge in [-0.3, -0.25) is 14.7 Å². The average molecular weight is 519 g/mol. The van der Waals surface area contributed by atoms with Gasteiger partial charge in [-0.25, -0.2) is 0 Å². The molecule has 1 aromatic carbocycles. The van der Waals surface area contributed by atoms with Crippen LogP contribution in [0.25, 0.3) is 0 Å². The number of carbonyl (C=O) groups is 1. The first-order valence-corrected chi connectivity index (χ1v) is 15.0. The van der Waals surface area contributed by atoms with Crippen LogP contribution < -0.4 is 4.74 Å². The van der Waals surface area contributed by atoms with Gasteiger partial charge < -0.3 is 14.5 Å². The van der Waals surface area contributed by atoms with Crippen molar-refractivity contribution in [3.05, 3.63) is 59.9 Å². The standard InChI is InChI=1S/C32H46N4O2/c37-31(11-7-21-34-19-5-6-20-34)36-22-15-32(16-23-36)14-4-3-9-29-8-1-2-10-30(29)38-25-24-35(27-32)26-28-12-17-33-18-13-28/h1-2,8,10,12-13,17-18H,3-7,9,11,14-16,19-27H2. The molecule has 1 amide bonds. The summed E-state index contributed by atoms with van der Waals surface area (Å²) in [4.78, 5) is 24.5. The van der Waals surface area contributed by atoms with Gasteiger partial charge in [0.1, 0.15) is 12.4 Å². The highest BCUT2D eigenvalue weighted by atomic mass is 16.5. The molecule has 2 aromatic rings. The first-order chi connectivity index (χ1) is 18.7. The van der Waals surface area contributed by atoms with E-state index in [-0.39, 0.29) is 5.41 Å². The zero-order valence-electron chi connectivity index (χ0n) is 23.2. The van der Waals surface area contributed by atoms with Gasteiger partial charge in [0.05, 0.1) is 0 Å². The topological polar surface area (TPSA) is 48.9 Å². The number of hydrogen-bond acceptors (Lipinski definition) is 5. The number of pyridine rings is 1. The van der Waals surface area contributed by atoms with E-state index in [2.05, 4.69) is 56.1 Å². The van der Waals surface area contributed by atoms with E-state index in [0.717, 1.165) is 70.7 Å². The molecule has 0 bridgehead atoms. The van der Waals surface area contributed by atoms with Crippen LogP contribution in [0, 0.1) is 5.41 Å². The maximum atomic E-state index is 13.0. The van der Waals surface area contributed by atoms with Gasteiger partial charge in [-0.2, -0.15) is 0 Å². The van der Waals surface area contributed by atoms with E-state index in [1.54, 1.807) is 0 Å². The van der Waals surface area contributed by atoms with Gasteiger partial charge in [0.2, 0.25) is 5.91 Å². The molecule has 6 nitrogen and oxygen atoms in total. The van der Waals surface area contributed by atoms with E-state index in [9.17, 15) is 4.79 Å². The molecule has 5 rings (SSSR count). The fourth-order valence-corrected chi connectivity index (χ4v) is 6.72. The minimum absolute atomic E-state index is 0.262. The molecule has 0 saturated carbocycles. The van der Waals surface area contributed by atoms with Crippen molar-refractivity contribution >= 4 is 5.91 Å². The second-order valence-electron chi connectivity index (χ2n) is 11.8. The molecule has 1 aromatic heterocycles. The van der Waals surface area contributed by atoms with E-state index in [1.165, 1.54) is 56.3 Å². The number of fused-ring (bicyclic) bond motifs is 1. The van der Waals surface area contributed by atoms with Gasteiger partial charge in [-0.1, -0.05) is 24.6 Å². The minimum Gasteiger partial charge on any atom is -0.492 e. The van der Waals surface area contributed by atoms with Crippen molar-refractivity contribution in [2.75, 3.05) is 52.4 Å². The minimum atomic E-state index is 0.262. The molecule has 3 aliphatic heterocycles. The molecule has 38 heavy (non-hydrogen) atoms. The van der Waals surface area contributed by atoms with Crippen molar-refractivity contribution in [3.8, 4) is 5.75 Å². The number of aryl methyl sites for hydroxylation is 1. The molecular weight excluding hydrogens is 472 g/mol. The number of para-hydroxylation sites is 1. The molecular formula is C32H46N4O2. The molecule has 3 aliphatic rings. The van der Waals surface area contributed by atoms with Crippen molar-refractivity contribution in [2.24, 2.45) is 5.41 Å². The summed E-state index contributed by atoms with van der Waals surface area (Å²) in [7, 11) is 0. The van der Waals surface area contributed by atoms with Crippen molar-refractivity contribution in [2.45, 2.75) is 70.8 Å². The van der Waals surface area contributed by atoms with E-state index >= 15 is 0 Å². The van der Waals surface area contributed by atoms with Crippen LogP contribution in [0.4, 0.5) is 0 Å². The Kier molecular flexibility index (Phi) is 9.69. The molecule has 1 spiro atoms. The second kappa shape index (κ2) is 13.6. The van der Waals surface area contributed by atoms with Crippen LogP contribution in [0.3, 0.4) is 0 Å². The third kappa shape index (κ3) is 7.57. The van der Waals surface area contributed by atoms with Crippen LogP contribution in [-0.2, 0) is 17.8 Å². The normalized spacial score (nSPS) is 21.3. The summed E-state index contributed by atoms with van der Waals surface area (Å²) in [5.41, 5.74) is 2.89. The molecule has 2 saturated heterocycles. The Morgan fingerprint density at radius 1 is 0.868 bits per heavy atom. The number of rotatable bonds is 6. The smallest absolute Gasteiger partial charge is 0.222 e. The Labute approximate surface area is 229 Å². The number of aromatic nitrogens is 1. The lowest BCUT2D eigenvalue weighted by atomic mass is 9.73. The third-order valence-corrected chi connectivity index (χ3v) is 9.00. The van der Waals surface area contributed by atoms with Gasteiger partial charge in [0, 0.05) is 51.5 Å². The lowest BCUT2D eigenvalue weighted by Crippen LogP contribution is -2.48. The Hall–Kier alpha value is -2.44. The number of amides is 1. The van der Waals surface area contributed by atoms with Crippen LogP contribution in [-0.4, -0.2) is 78.0 Å². The predicted molar refractivity (Wildman–Crippen MR) is 152 cm³/mol. The average Bonchev–Trinajstić information content (AvgIpc) is 3.46. The number of ether oxygens (including phenoxy) is 1. The number of piperidine rings is 1. The fraction of sp³-hybridized carbons (Fsp3) is 0.625. The molecule has 206 valence electrons. The SMILES string of the molecule is O=C(CCCN1CCCC1)N1CCC2(CCCCc3ccccc3OCCN(Cc3ccncc3)C2)CC1. The van der Waals surface area contributed by atoms with Gasteiger partial charge in [0.15, 0.2) is 0 Å². The van der Waals surface area contributed by atoms with Crippen molar-refractivity contribution in [3.63, 3.8) is 0 Å². The summed E-state index contributed by atoms with van der Waals surface area (Å²) < 4.78 is 6.32. The van der Waals surface area contributed by atoms with Crippen LogP contribution in [0.1, 0.15) is 68.9 Å². The van der Waals surface area contributed by atoms with Crippen LogP contribution in [0.15, 0.2) is 48.8 Å². The number of nitrogens with zero attached hydrogens (tertiary/aromatic N) is 4. The molecule has 0 radical (unpaired) electrons. The fourth-order valence-electron chi connectivity index (χ4n) is 6.72. The maximum Gasteiger partial charge on any atom is 0.222 e.